The summed E-state index contributed by atoms with van der Waals surface area (Å²) in [5.41, 5.74) is 7.62. The third kappa shape index (κ3) is 3.12. The molecule has 86 valence electrons. The molecule has 1 aliphatic rings. The standard InChI is InChI=1S/C12H16N2S2/c13-12(15)10-1-3-11(4-2-10)14-7-9-5-6-16-8-9/h1-4,9,14H,5-8H2,(H2,13,15). The van der Waals surface area contributed by atoms with Crippen LogP contribution in [0.4, 0.5) is 5.69 Å². The summed E-state index contributed by atoms with van der Waals surface area (Å²) in [6.45, 7) is 1.07. The van der Waals surface area contributed by atoms with Gasteiger partial charge in [0.15, 0.2) is 0 Å². The minimum atomic E-state index is 0.457. The Labute approximate surface area is 106 Å². The molecule has 0 amide bonds. The van der Waals surface area contributed by atoms with Gasteiger partial charge in [-0.1, -0.05) is 12.2 Å². The predicted molar refractivity (Wildman–Crippen MR) is 76.3 cm³/mol. The van der Waals surface area contributed by atoms with Crippen LogP contribution >= 0.6 is 24.0 Å². The molecule has 1 atom stereocenters. The number of anilines is 1. The smallest absolute Gasteiger partial charge is 0.103 e. The second-order valence-electron chi connectivity index (χ2n) is 4.05. The molecule has 1 aromatic carbocycles. The van der Waals surface area contributed by atoms with Gasteiger partial charge in [0.2, 0.25) is 0 Å². The summed E-state index contributed by atoms with van der Waals surface area (Å²) < 4.78 is 0. The molecule has 4 heteroatoms. The third-order valence-electron chi connectivity index (χ3n) is 2.79. The summed E-state index contributed by atoms with van der Waals surface area (Å²) >= 11 is 6.96. The van der Waals surface area contributed by atoms with Gasteiger partial charge in [0.1, 0.15) is 4.99 Å². The monoisotopic (exact) mass is 252 g/mol. The number of nitrogens with two attached hydrogens (primary N) is 1. The largest absolute Gasteiger partial charge is 0.389 e. The summed E-state index contributed by atoms with van der Waals surface area (Å²) in [4.78, 5) is 0.457. The highest BCUT2D eigenvalue weighted by molar-refractivity contribution is 7.99. The van der Waals surface area contributed by atoms with E-state index in [1.54, 1.807) is 0 Å². The average Bonchev–Trinajstić information content (AvgIpc) is 2.80. The molecule has 0 spiro atoms. The van der Waals surface area contributed by atoms with Gasteiger partial charge in [-0.25, -0.2) is 0 Å². The van der Waals surface area contributed by atoms with Crippen LogP contribution in [0.3, 0.4) is 0 Å². The predicted octanol–water partition coefficient (Wildman–Crippen LogP) is 2.49. The molecule has 0 aliphatic carbocycles. The molecule has 2 rings (SSSR count). The van der Waals surface area contributed by atoms with Crippen molar-refractivity contribution in [3.8, 4) is 0 Å². The fourth-order valence-electron chi connectivity index (χ4n) is 1.76. The van der Waals surface area contributed by atoms with Gasteiger partial charge in [0.05, 0.1) is 0 Å². The lowest BCUT2D eigenvalue weighted by atomic mass is 10.1. The van der Waals surface area contributed by atoms with Gasteiger partial charge in [-0.15, -0.1) is 0 Å². The van der Waals surface area contributed by atoms with Crippen molar-refractivity contribution in [2.45, 2.75) is 6.42 Å². The Bertz CT molecular complexity index is 356. The van der Waals surface area contributed by atoms with Crippen LogP contribution in [0.1, 0.15) is 12.0 Å². The summed E-state index contributed by atoms with van der Waals surface area (Å²) in [6.07, 6.45) is 1.34. The fourth-order valence-corrected chi connectivity index (χ4v) is 3.18. The zero-order chi connectivity index (χ0) is 11.4. The van der Waals surface area contributed by atoms with Crippen LogP contribution in [0.15, 0.2) is 24.3 Å². The first-order valence-corrected chi connectivity index (χ1v) is 7.03. The maximum Gasteiger partial charge on any atom is 0.103 e. The number of hydrogen-bond donors (Lipinski definition) is 2. The molecule has 1 unspecified atom stereocenters. The summed E-state index contributed by atoms with van der Waals surface area (Å²) in [7, 11) is 0. The highest BCUT2D eigenvalue weighted by Crippen LogP contribution is 2.23. The van der Waals surface area contributed by atoms with Crippen LogP contribution in [0.5, 0.6) is 0 Å². The fraction of sp³-hybridized carbons (Fsp3) is 0.417. The van der Waals surface area contributed by atoms with E-state index in [-0.39, 0.29) is 0 Å². The van der Waals surface area contributed by atoms with Crippen molar-refractivity contribution in [3.05, 3.63) is 29.8 Å². The number of thiocarbonyl (C=S) groups is 1. The van der Waals surface area contributed by atoms with E-state index in [1.165, 1.54) is 17.9 Å². The molecule has 1 aromatic rings. The van der Waals surface area contributed by atoms with E-state index >= 15 is 0 Å². The molecule has 3 N–H and O–H groups in total. The lowest BCUT2D eigenvalue weighted by Gasteiger charge is -2.11. The SMILES string of the molecule is NC(=S)c1ccc(NCC2CCSC2)cc1. The maximum absolute atomic E-state index is 5.55. The molecule has 1 heterocycles. The highest BCUT2D eigenvalue weighted by atomic mass is 32.2. The number of hydrogen-bond acceptors (Lipinski definition) is 3. The summed E-state index contributed by atoms with van der Waals surface area (Å²) in [6, 6.07) is 8.01. The minimum Gasteiger partial charge on any atom is -0.389 e. The molecular formula is C12H16N2S2. The number of benzene rings is 1. The molecule has 1 saturated heterocycles. The lowest BCUT2D eigenvalue weighted by Crippen LogP contribution is -2.14. The van der Waals surface area contributed by atoms with Gasteiger partial charge in [-0.3, -0.25) is 0 Å². The Morgan fingerprint density at radius 2 is 2.19 bits per heavy atom. The van der Waals surface area contributed by atoms with Crippen LogP contribution in [-0.4, -0.2) is 23.0 Å². The topological polar surface area (TPSA) is 38.0 Å². The van der Waals surface area contributed by atoms with E-state index in [9.17, 15) is 0 Å². The maximum atomic E-state index is 5.55. The van der Waals surface area contributed by atoms with Gasteiger partial charge in [-0.05, 0) is 48.1 Å². The molecule has 16 heavy (non-hydrogen) atoms. The normalized spacial score (nSPS) is 19.6. The first-order chi connectivity index (χ1) is 7.75. The Balaban J connectivity index is 1.87. The second kappa shape index (κ2) is 5.55. The number of thioether (sulfide) groups is 1. The Morgan fingerprint density at radius 1 is 1.44 bits per heavy atom. The van der Waals surface area contributed by atoms with Crippen molar-refractivity contribution in [3.63, 3.8) is 0 Å². The summed E-state index contributed by atoms with van der Waals surface area (Å²) in [5.74, 6) is 3.42. The van der Waals surface area contributed by atoms with Gasteiger partial charge in [0, 0.05) is 17.8 Å². The van der Waals surface area contributed by atoms with Gasteiger partial charge in [0.25, 0.3) is 0 Å². The van der Waals surface area contributed by atoms with Crippen LogP contribution < -0.4 is 11.1 Å². The third-order valence-corrected chi connectivity index (χ3v) is 4.26. The molecule has 1 fully saturated rings. The molecule has 2 nitrogen and oxygen atoms in total. The average molecular weight is 252 g/mol. The lowest BCUT2D eigenvalue weighted by molar-refractivity contribution is 0.632. The molecule has 0 radical (unpaired) electrons. The Morgan fingerprint density at radius 3 is 2.75 bits per heavy atom. The van der Waals surface area contributed by atoms with E-state index in [0.29, 0.717) is 4.99 Å². The molecule has 0 saturated carbocycles. The summed E-state index contributed by atoms with van der Waals surface area (Å²) in [5, 5.41) is 3.46. The molecule has 0 bridgehead atoms. The number of nitrogens with one attached hydrogen (secondary N) is 1. The van der Waals surface area contributed by atoms with Crippen molar-refractivity contribution in [2.75, 3.05) is 23.4 Å². The van der Waals surface area contributed by atoms with E-state index < -0.39 is 0 Å². The Hall–Kier alpha value is -0.740. The van der Waals surface area contributed by atoms with Crippen molar-refractivity contribution < 1.29 is 0 Å². The zero-order valence-electron chi connectivity index (χ0n) is 9.11. The molecular weight excluding hydrogens is 236 g/mol. The van der Waals surface area contributed by atoms with Crippen LogP contribution in [0.2, 0.25) is 0 Å². The van der Waals surface area contributed by atoms with Crippen molar-refractivity contribution in [1.29, 1.82) is 0 Å². The van der Waals surface area contributed by atoms with E-state index in [4.69, 9.17) is 18.0 Å². The first-order valence-electron chi connectivity index (χ1n) is 5.47. The molecule has 0 aromatic heterocycles. The van der Waals surface area contributed by atoms with Crippen LogP contribution in [0, 0.1) is 5.92 Å². The van der Waals surface area contributed by atoms with E-state index in [2.05, 4.69) is 17.1 Å². The van der Waals surface area contributed by atoms with Gasteiger partial charge >= 0.3 is 0 Å². The van der Waals surface area contributed by atoms with E-state index in [0.717, 1.165) is 23.7 Å². The zero-order valence-corrected chi connectivity index (χ0v) is 10.7. The highest BCUT2D eigenvalue weighted by Gasteiger charge is 2.14. The minimum absolute atomic E-state index is 0.457. The van der Waals surface area contributed by atoms with E-state index in [1.807, 2.05) is 24.3 Å². The van der Waals surface area contributed by atoms with Crippen LogP contribution in [-0.2, 0) is 0 Å². The van der Waals surface area contributed by atoms with Gasteiger partial charge < -0.3 is 11.1 Å². The Kier molecular flexibility index (Phi) is 4.07. The van der Waals surface area contributed by atoms with Gasteiger partial charge in [-0.2, -0.15) is 11.8 Å². The quantitative estimate of drug-likeness (QED) is 0.808. The second-order valence-corrected chi connectivity index (χ2v) is 5.64. The molecule has 1 aliphatic heterocycles. The van der Waals surface area contributed by atoms with Crippen molar-refractivity contribution in [2.24, 2.45) is 11.7 Å². The number of rotatable bonds is 4. The van der Waals surface area contributed by atoms with Crippen molar-refractivity contribution in [1.82, 2.24) is 0 Å². The van der Waals surface area contributed by atoms with Crippen LogP contribution in [0.25, 0.3) is 0 Å². The van der Waals surface area contributed by atoms with Crippen molar-refractivity contribution >= 4 is 34.7 Å². The first kappa shape index (κ1) is 11.7.